The van der Waals surface area contributed by atoms with Crippen molar-refractivity contribution in [2.45, 2.75) is 45.8 Å². The first-order chi connectivity index (χ1) is 8.49. The lowest BCUT2D eigenvalue weighted by atomic mass is 10.1. The number of aliphatic hydroxyl groups excluding tert-OH is 1. The summed E-state index contributed by atoms with van der Waals surface area (Å²) >= 11 is 3.57. The molecule has 100 valence electrons. The molecule has 0 spiro atoms. The predicted molar refractivity (Wildman–Crippen MR) is 80.0 cm³/mol. The second-order valence-electron chi connectivity index (χ2n) is 5.66. The van der Waals surface area contributed by atoms with Gasteiger partial charge in [0.15, 0.2) is 0 Å². The molecular formula is C15H22BrNO. The van der Waals surface area contributed by atoms with Crippen LogP contribution in [0.1, 0.15) is 45.3 Å². The first kappa shape index (κ1) is 13.9. The van der Waals surface area contributed by atoms with Crippen LogP contribution in [0.4, 0.5) is 5.69 Å². The second kappa shape index (κ2) is 5.62. The van der Waals surface area contributed by atoms with E-state index >= 15 is 0 Å². The molecular weight excluding hydrogens is 290 g/mol. The van der Waals surface area contributed by atoms with Crippen molar-refractivity contribution in [2.75, 3.05) is 11.4 Å². The van der Waals surface area contributed by atoms with Gasteiger partial charge in [0.25, 0.3) is 0 Å². The standard InChI is InChI=1S/C15H22BrNO/c1-10(2)9-17(12-4-5-12)13-6-7-14(11(3)18)15(16)8-13/h6-8,10-12,18H,4-5,9H2,1-3H3/t11-/m0/s1. The van der Waals surface area contributed by atoms with Gasteiger partial charge in [-0.05, 0) is 43.4 Å². The summed E-state index contributed by atoms with van der Waals surface area (Å²) in [5.74, 6) is 0.667. The van der Waals surface area contributed by atoms with Crippen LogP contribution >= 0.6 is 15.9 Å². The van der Waals surface area contributed by atoms with E-state index in [1.54, 1.807) is 6.92 Å². The maximum atomic E-state index is 9.66. The van der Waals surface area contributed by atoms with Gasteiger partial charge in [-0.1, -0.05) is 35.8 Å². The van der Waals surface area contributed by atoms with E-state index in [-0.39, 0.29) is 0 Å². The van der Waals surface area contributed by atoms with E-state index in [1.165, 1.54) is 18.5 Å². The first-order valence-corrected chi connectivity index (χ1v) is 7.52. The molecule has 1 atom stereocenters. The number of hydrogen-bond acceptors (Lipinski definition) is 2. The van der Waals surface area contributed by atoms with Crippen molar-refractivity contribution >= 4 is 21.6 Å². The van der Waals surface area contributed by atoms with Crippen LogP contribution in [0.3, 0.4) is 0 Å². The molecule has 1 N–H and O–H groups in total. The summed E-state index contributed by atoms with van der Waals surface area (Å²) in [7, 11) is 0. The molecule has 1 aromatic rings. The summed E-state index contributed by atoms with van der Waals surface area (Å²) in [5, 5.41) is 9.66. The molecule has 1 aliphatic rings. The average Bonchev–Trinajstić information content (AvgIpc) is 3.08. The van der Waals surface area contributed by atoms with Crippen molar-refractivity contribution in [2.24, 2.45) is 5.92 Å². The summed E-state index contributed by atoms with van der Waals surface area (Å²) in [5.41, 5.74) is 2.22. The van der Waals surface area contributed by atoms with Gasteiger partial charge in [-0.3, -0.25) is 0 Å². The fourth-order valence-electron chi connectivity index (χ4n) is 2.28. The monoisotopic (exact) mass is 311 g/mol. The van der Waals surface area contributed by atoms with Crippen LogP contribution in [-0.4, -0.2) is 17.7 Å². The van der Waals surface area contributed by atoms with Crippen molar-refractivity contribution in [3.63, 3.8) is 0 Å². The van der Waals surface area contributed by atoms with Crippen LogP contribution < -0.4 is 4.90 Å². The Hall–Kier alpha value is -0.540. The van der Waals surface area contributed by atoms with Crippen LogP contribution in [0, 0.1) is 5.92 Å². The van der Waals surface area contributed by atoms with Gasteiger partial charge in [0.05, 0.1) is 6.10 Å². The molecule has 0 amide bonds. The van der Waals surface area contributed by atoms with Crippen LogP contribution in [-0.2, 0) is 0 Å². The Morgan fingerprint density at radius 1 is 1.33 bits per heavy atom. The summed E-state index contributed by atoms with van der Waals surface area (Å²) in [6, 6.07) is 7.02. The number of nitrogens with zero attached hydrogens (tertiary/aromatic N) is 1. The van der Waals surface area contributed by atoms with Crippen LogP contribution in [0.2, 0.25) is 0 Å². The lowest BCUT2D eigenvalue weighted by Crippen LogP contribution is -2.29. The van der Waals surface area contributed by atoms with Gasteiger partial charge in [-0.25, -0.2) is 0 Å². The van der Waals surface area contributed by atoms with E-state index < -0.39 is 6.10 Å². The van der Waals surface area contributed by atoms with Crippen molar-refractivity contribution < 1.29 is 5.11 Å². The maximum Gasteiger partial charge on any atom is 0.0772 e. The molecule has 1 saturated carbocycles. The molecule has 0 heterocycles. The minimum atomic E-state index is -0.423. The van der Waals surface area contributed by atoms with E-state index in [4.69, 9.17) is 0 Å². The molecule has 0 aliphatic heterocycles. The highest BCUT2D eigenvalue weighted by molar-refractivity contribution is 9.10. The fourth-order valence-corrected chi connectivity index (χ4v) is 2.98. The SMILES string of the molecule is CC(C)CN(c1ccc([C@H](C)O)c(Br)c1)C1CC1. The minimum absolute atomic E-state index is 0.423. The highest BCUT2D eigenvalue weighted by atomic mass is 79.9. The number of hydrogen-bond donors (Lipinski definition) is 1. The van der Waals surface area contributed by atoms with Gasteiger partial charge < -0.3 is 10.0 Å². The van der Waals surface area contributed by atoms with Crippen molar-refractivity contribution in [1.29, 1.82) is 0 Å². The smallest absolute Gasteiger partial charge is 0.0772 e. The van der Waals surface area contributed by atoms with Crippen molar-refractivity contribution in [1.82, 2.24) is 0 Å². The summed E-state index contributed by atoms with van der Waals surface area (Å²) in [4.78, 5) is 2.50. The zero-order valence-electron chi connectivity index (χ0n) is 11.4. The lowest BCUT2D eigenvalue weighted by molar-refractivity contribution is 0.198. The number of benzene rings is 1. The van der Waals surface area contributed by atoms with Gasteiger partial charge >= 0.3 is 0 Å². The summed E-state index contributed by atoms with van der Waals surface area (Å²) in [6.07, 6.45) is 2.19. The minimum Gasteiger partial charge on any atom is -0.389 e. The molecule has 0 radical (unpaired) electrons. The molecule has 0 bridgehead atoms. The topological polar surface area (TPSA) is 23.5 Å². The largest absolute Gasteiger partial charge is 0.389 e. The second-order valence-corrected chi connectivity index (χ2v) is 6.51. The van der Waals surface area contributed by atoms with E-state index in [9.17, 15) is 5.11 Å². The zero-order chi connectivity index (χ0) is 13.3. The van der Waals surface area contributed by atoms with Crippen LogP contribution in [0.25, 0.3) is 0 Å². The third-order valence-corrected chi connectivity index (χ3v) is 4.00. The third-order valence-electron chi connectivity index (χ3n) is 3.32. The Balaban J connectivity index is 2.22. The molecule has 0 aromatic heterocycles. The van der Waals surface area contributed by atoms with Gasteiger partial charge in [-0.2, -0.15) is 0 Å². The molecule has 18 heavy (non-hydrogen) atoms. The summed E-state index contributed by atoms with van der Waals surface area (Å²) < 4.78 is 1.00. The predicted octanol–water partition coefficient (Wildman–Crippen LogP) is 4.13. The number of anilines is 1. The van der Waals surface area contributed by atoms with Gasteiger partial charge in [-0.15, -0.1) is 0 Å². The van der Waals surface area contributed by atoms with Gasteiger partial charge in [0.2, 0.25) is 0 Å². The highest BCUT2D eigenvalue weighted by Gasteiger charge is 2.29. The van der Waals surface area contributed by atoms with Crippen LogP contribution in [0.5, 0.6) is 0 Å². The number of halogens is 1. The quantitative estimate of drug-likeness (QED) is 0.884. The van der Waals surface area contributed by atoms with Gasteiger partial charge in [0.1, 0.15) is 0 Å². The molecule has 2 nitrogen and oxygen atoms in total. The van der Waals surface area contributed by atoms with Crippen molar-refractivity contribution in [3.8, 4) is 0 Å². The Morgan fingerprint density at radius 2 is 2.00 bits per heavy atom. The van der Waals surface area contributed by atoms with E-state index in [2.05, 4.69) is 46.8 Å². The van der Waals surface area contributed by atoms with Crippen molar-refractivity contribution in [3.05, 3.63) is 28.2 Å². The molecule has 2 rings (SSSR count). The van der Waals surface area contributed by atoms with E-state index in [0.29, 0.717) is 5.92 Å². The Kier molecular flexibility index (Phi) is 4.33. The number of aliphatic hydroxyl groups is 1. The Morgan fingerprint density at radius 3 is 2.44 bits per heavy atom. The Labute approximate surface area is 118 Å². The fraction of sp³-hybridized carbons (Fsp3) is 0.600. The van der Waals surface area contributed by atoms with E-state index in [1.807, 2.05) is 6.07 Å². The van der Waals surface area contributed by atoms with Crippen LogP contribution in [0.15, 0.2) is 22.7 Å². The molecule has 0 saturated heterocycles. The molecule has 3 heteroatoms. The molecule has 0 unspecified atom stereocenters. The molecule has 1 aliphatic carbocycles. The van der Waals surface area contributed by atoms with Gasteiger partial charge in [0, 0.05) is 22.7 Å². The summed E-state index contributed by atoms with van der Waals surface area (Å²) in [6.45, 7) is 7.42. The highest BCUT2D eigenvalue weighted by Crippen LogP contribution is 2.35. The zero-order valence-corrected chi connectivity index (χ0v) is 12.9. The van der Waals surface area contributed by atoms with E-state index in [0.717, 1.165) is 22.6 Å². The average molecular weight is 312 g/mol. The normalized spacial score (nSPS) is 17.0. The molecule has 1 aromatic carbocycles. The number of rotatable bonds is 5. The maximum absolute atomic E-state index is 9.66. The Bertz CT molecular complexity index is 413. The molecule has 1 fully saturated rings. The first-order valence-electron chi connectivity index (χ1n) is 6.73. The third kappa shape index (κ3) is 3.27. The lowest BCUT2D eigenvalue weighted by Gasteiger charge is -2.27.